The quantitative estimate of drug-likeness (QED) is 0.931. The van der Waals surface area contributed by atoms with Crippen LogP contribution in [0.2, 0.25) is 0 Å². The van der Waals surface area contributed by atoms with Crippen LogP contribution >= 0.6 is 0 Å². The Morgan fingerprint density at radius 3 is 2.96 bits per heavy atom. The van der Waals surface area contributed by atoms with Gasteiger partial charge in [-0.25, -0.2) is 4.98 Å². The van der Waals surface area contributed by atoms with Gasteiger partial charge in [-0.2, -0.15) is 0 Å². The molecule has 24 heavy (non-hydrogen) atoms. The third kappa shape index (κ3) is 3.06. The van der Waals surface area contributed by atoms with E-state index in [9.17, 15) is 9.59 Å². The van der Waals surface area contributed by atoms with E-state index in [2.05, 4.69) is 10.3 Å². The Bertz CT molecular complexity index is 822. The van der Waals surface area contributed by atoms with Crippen LogP contribution in [0.5, 0.6) is 0 Å². The van der Waals surface area contributed by atoms with Gasteiger partial charge in [0.05, 0.1) is 23.2 Å². The molecule has 0 radical (unpaired) electrons. The standard InChI is InChI=1S/C18H23N3O3/c1-4-21-15-8-7-13(10-14(15)19-12(3)18(21)23)17(22)20-11(2)16-6-5-9-24-16/h7-8,10-11,16H,4-6,9H2,1-3H3,(H,20,22)/t11-,16-/m0/s1. The summed E-state index contributed by atoms with van der Waals surface area (Å²) in [6, 6.07) is 5.24. The van der Waals surface area contributed by atoms with E-state index in [1.54, 1.807) is 29.7 Å². The molecule has 1 saturated heterocycles. The number of aryl methyl sites for hydroxylation is 2. The molecule has 1 fully saturated rings. The Kier molecular flexibility index (Phi) is 4.66. The lowest BCUT2D eigenvalue weighted by Crippen LogP contribution is -2.40. The maximum atomic E-state index is 12.5. The number of nitrogens with one attached hydrogen (secondary N) is 1. The first kappa shape index (κ1) is 16.6. The Morgan fingerprint density at radius 1 is 1.50 bits per heavy atom. The summed E-state index contributed by atoms with van der Waals surface area (Å²) in [5, 5.41) is 3.00. The van der Waals surface area contributed by atoms with Crippen molar-refractivity contribution in [1.82, 2.24) is 14.9 Å². The summed E-state index contributed by atoms with van der Waals surface area (Å²) in [6.45, 7) is 6.91. The van der Waals surface area contributed by atoms with Crippen LogP contribution < -0.4 is 10.9 Å². The largest absolute Gasteiger partial charge is 0.376 e. The highest BCUT2D eigenvalue weighted by Gasteiger charge is 2.24. The number of ether oxygens (including phenoxy) is 1. The number of nitrogens with zero attached hydrogens (tertiary/aromatic N) is 2. The molecule has 3 rings (SSSR count). The highest BCUT2D eigenvalue weighted by Crippen LogP contribution is 2.17. The molecule has 1 aliphatic rings. The third-order valence-electron chi connectivity index (χ3n) is 4.57. The molecular weight excluding hydrogens is 306 g/mol. The van der Waals surface area contributed by atoms with E-state index >= 15 is 0 Å². The second-order valence-electron chi connectivity index (χ2n) is 6.26. The average molecular weight is 329 g/mol. The van der Waals surface area contributed by atoms with Gasteiger partial charge < -0.3 is 14.6 Å². The highest BCUT2D eigenvalue weighted by molar-refractivity contribution is 5.97. The maximum absolute atomic E-state index is 12.5. The molecule has 0 unspecified atom stereocenters. The summed E-state index contributed by atoms with van der Waals surface area (Å²) in [6.07, 6.45) is 2.10. The predicted molar refractivity (Wildman–Crippen MR) is 92.3 cm³/mol. The van der Waals surface area contributed by atoms with Gasteiger partial charge in [-0.05, 0) is 51.8 Å². The number of benzene rings is 1. The summed E-state index contributed by atoms with van der Waals surface area (Å²) in [4.78, 5) is 29.0. The van der Waals surface area contributed by atoms with Crippen molar-refractivity contribution in [2.45, 2.75) is 52.3 Å². The molecule has 0 aliphatic carbocycles. The average Bonchev–Trinajstić information content (AvgIpc) is 3.10. The van der Waals surface area contributed by atoms with Crippen molar-refractivity contribution in [2.24, 2.45) is 0 Å². The number of fused-ring (bicyclic) bond motifs is 1. The molecule has 1 N–H and O–H groups in total. The molecule has 2 atom stereocenters. The van der Waals surface area contributed by atoms with Crippen LogP contribution in [-0.4, -0.2) is 34.2 Å². The summed E-state index contributed by atoms with van der Waals surface area (Å²) in [5.41, 5.74) is 2.30. The number of hydrogen-bond donors (Lipinski definition) is 1. The summed E-state index contributed by atoms with van der Waals surface area (Å²) >= 11 is 0. The second kappa shape index (κ2) is 6.73. The van der Waals surface area contributed by atoms with E-state index in [4.69, 9.17) is 4.74 Å². The molecule has 1 aromatic heterocycles. The minimum atomic E-state index is -0.145. The predicted octanol–water partition coefficient (Wildman–Crippen LogP) is 2.02. The Hall–Kier alpha value is -2.21. The minimum Gasteiger partial charge on any atom is -0.376 e. The van der Waals surface area contributed by atoms with Crippen LogP contribution in [0.4, 0.5) is 0 Å². The van der Waals surface area contributed by atoms with Crippen LogP contribution in [-0.2, 0) is 11.3 Å². The second-order valence-corrected chi connectivity index (χ2v) is 6.26. The molecule has 6 heteroatoms. The van der Waals surface area contributed by atoms with Gasteiger partial charge in [-0.15, -0.1) is 0 Å². The molecule has 0 bridgehead atoms. The Morgan fingerprint density at radius 2 is 2.29 bits per heavy atom. The number of hydrogen-bond acceptors (Lipinski definition) is 4. The molecule has 6 nitrogen and oxygen atoms in total. The van der Waals surface area contributed by atoms with E-state index in [0.29, 0.717) is 23.3 Å². The topological polar surface area (TPSA) is 73.2 Å². The molecule has 1 aliphatic heterocycles. The van der Waals surface area contributed by atoms with E-state index in [1.165, 1.54) is 0 Å². The molecule has 2 aromatic rings. The van der Waals surface area contributed by atoms with Crippen LogP contribution in [0.15, 0.2) is 23.0 Å². The lowest BCUT2D eigenvalue weighted by Gasteiger charge is -2.20. The van der Waals surface area contributed by atoms with Crippen molar-refractivity contribution in [2.75, 3.05) is 6.61 Å². The van der Waals surface area contributed by atoms with Crippen molar-refractivity contribution in [1.29, 1.82) is 0 Å². The van der Waals surface area contributed by atoms with Crippen molar-refractivity contribution in [3.8, 4) is 0 Å². The first-order chi connectivity index (χ1) is 11.5. The van der Waals surface area contributed by atoms with E-state index in [1.807, 2.05) is 13.8 Å². The molecule has 0 spiro atoms. The van der Waals surface area contributed by atoms with Crippen molar-refractivity contribution < 1.29 is 9.53 Å². The molecule has 128 valence electrons. The zero-order valence-corrected chi connectivity index (χ0v) is 14.3. The van der Waals surface area contributed by atoms with E-state index in [-0.39, 0.29) is 23.6 Å². The van der Waals surface area contributed by atoms with Crippen LogP contribution in [0.1, 0.15) is 42.7 Å². The van der Waals surface area contributed by atoms with Crippen LogP contribution in [0.25, 0.3) is 11.0 Å². The molecule has 1 aromatic carbocycles. The summed E-state index contributed by atoms with van der Waals surface area (Å²) in [5.74, 6) is -0.145. The fourth-order valence-corrected chi connectivity index (χ4v) is 3.21. The van der Waals surface area contributed by atoms with Gasteiger partial charge in [0.1, 0.15) is 5.69 Å². The minimum absolute atomic E-state index is 0.0324. The van der Waals surface area contributed by atoms with Crippen LogP contribution in [0.3, 0.4) is 0 Å². The van der Waals surface area contributed by atoms with Gasteiger partial charge in [0, 0.05) is 18.7 Å². The van der Waals surface area contributed by atoms with E-state index in [0.717, 1.165) is 25.0 Å². The van der Waals surface area contributed by atoms with Crippen molar-refractivity contribution in [3.63, 3.8) is 0 Å². The highest BCUT2D eigenvalue weighted by atomic mass is 16.5. The number of aromatic nitrogens is 2. The molecule has 2 heterocycles. The fraction of sp³-hybridized carbons (Fsp3) is 0.500. The van der Waals surface area contributed by atoms with Gasteiger partial charge in [-0.3, -0.25) is 9.59 Å². The van der Waals surface area contributed by atoms with Crippen LogP contribution in [0, 0.1) is 6.92 Å². The lowest BCUT2D eigenvalue weighted by molar-refractivity contribution is 0.0712. The Balaban J connectivity index is 1.88. The third-order valence-corrected chi connectivity index (χ3v) is 4.57. The van der Waals surface area contributed by atoms with Gasteiger partial charge in [-0.1, -0.05) is 0 Å². The first-order valence-electron chi connectivity index (χ1n) is 8.45. The molecular formula is C18H23N3O3. The van der Waals surface area contributed by atoms with Crippen molar-refractivity contribution >= 4 is 16.9 Å². The monoisotopic (exact) mass is 329 g/mol. The zero-order chi connectivity index (χ0) is 17.3. The smallest absolute Gasteiger partial charge is 0.272 e. The summed E-state index contributed by atoms with van der Waals surface area (Å²) in [7, 11) is 0. The Labute approximate surface area is 140 Å². The zero-order valence-electron chi connectivity index (χ0n) is 14.3. The number of carbonyl (C=O) groups is 1. The van der Waals surface area contributed by atoms with Gasteiger partial charge in [0.25, 0.3) is 11.5 Å². The number of amides is 1. The van der Waals surface area contributed by atoms with Gasteiger partial charge in [0.15, 0.2) is 0 Å². The van der Waals surface area contributed by atoms with Gasteiger partial charge >= 0.3 is 0 Å². The number of rotatable bonds is 4. The first-order valence-corrected chi connectivity index (χ1v) is 8.45. The maximum Gasteiger partial charge on any atom is 0.272 e. The SMILES string of the molecule is CCn1c(=O)c(C)nc2cc(C(=O)N[C@@H](C)[C@@H]3CCCO3)ccc21. The molecule has 0 saturated carbocycles. The lowest BCUT2D eigenvalue weighted by atomic mass is 10.1. The number of carbonyl (C=O) groups excluding carboxylic acids is 1. The van der Waals surface area contributed by atoms with Crippen molar-refractivity contribution in [3.05, 3.63) is 39.8 Å². The normalized spacial score (nSPS) is 18.7. The summed E-state index contributed by atoms with van der Waals surface area (Å²) < 4.78 is 7.29. The fourth-order valence-electron chi connectivity index (χ4n) is 3.21. The molecule has 1 amide bonds. The van der Waals surface area contributed by atoms with Gasteiger partial charge in [0.2, 0.25) is 0 Å². The van der Waals surface area contributed by atoms with E-state index < -0.39 is 0 Å².